The molecule has 10 heteroatoms. The van der Waals surface area contributed by atoms with Crippen LogP contribution in [0.15, 0.2) is 42.6 Å². The molecule has 2 aromatic carbocycles. The van der Waals surface area contributed by atoms with Gasteiger partial charge in [0.2, 0.25) is 12.4 Å². The van der Waals surface area contributed by atoms with Gasteiger partial charge in [0.15, 0.2) is 17.4 Å². The molecule has 1 aliphatic carbocycles. The number of nitrogens with one attached hydrogen (secondary N) is 3. The summed E-state index contributed by atoms with van der Waals surface area (Å²) in [7, 11) is 6.99. The molecule has 3 N–H and O–H groups in total. The average molecular weight is 474 g/mol. The van der Waals surface area contributed by atoms with E-state index in [0.717, 1.165) is 34.3 Å². The third kappa shape index (κ3) is 4.30. The largest absolute Gasteiger partial charge is 0.497 e. The lowest BCUT2D eigenvalue weighted by Gasteiger charge is -2.14. The molecule has 2 heterocycles. The molecular weight excluding hydrogens is 446 g/mol. The summed E-state index contributed by atoms with van der Waals surface area (Å²) in [5.41, 5.74) is 4.04. The second kappa shape index (κ2) is 9.13. The molecule has 2 aromatic heterocycles. The van der Waals surface area contributed by atoms with Crippen LogP contribution in [0.3, 0.4) is 0 Å². The molecule has 1 fully saturated rings. The fourth-order valence-corrected chi connectivity index (χ4v) is 4.37. The van der Waals surface area contributed by atoms with Gasteiger partial charge in [-0.05, 0) is 59.7 Å². The number of benzene rings is 2. The number of fused-ring (bicyclic) bond motifs is 1. The molecule has 180 valence electrons. The van der Waals surface area contributed by atoms with Crippen molar-refractivity contribution < 1.29 is 14.3 Å². The Morgan fingerprint density at radius 3 is 2.69 bits per heavy atom. The highest BCUT2D eigenvalue weighted by Gasteiger charge is 2.41. The SMILES string of the molecule is COc1ccc(NC=O)c(C2CC2c2ccc3c(Nc4nc(N(C)C)ncc4OC)n[nH]c3c2)c1. The number of hydrogen-bond acceptors (Lipinski definition) is 8. The molecule has 0 spiro atoms. The van der Waals surface area contributed by atoms with Crippen molar-refractivity contribution in [1.29, 1.82) is 0 Å². The van der Waals surface area contributed by atoms with E-state index in [0.29, 0.717) is 41.6 Å². The second-order valence-electron chi connectivity index (χ2n) is 8.65. The summed E-state index contributed by atoms with van der Waals surface area (Å²) in [6.45, 7) is 0. The van der Waals surface area contributed by atoms with Gasteiger partial charge in [-0.1, -0.05) is 6.07 Å². The predicted molar refractivity (Wildman–Crippen MR) is 135 cm³/mol. The van der Waals surface area contributed by atoms with Gasteiger partial charge in [0.05, 0.1) is 25.9 Å². The maximum absolute atomic E-state index is 11.1. The molecule has 0 saturated heterocycles. The number of aromatic nitrogens is 4. The van der Waals surface area contributed by atoms with Crippen LogP contribution in [-0.2, 0) is 4.79 Å². The van der Waals surface area contributed by atoms with Crippen molar-refractivity contribution >= 4 is 40.6 Å². The molecule has 2 atom stereocenters. The third-order valence-electron chi connectivity index (χ3n) is 6.28. The number of aromatic amines is 1. The van der Waals surface area contributed by atoms with Gasteiger partial charge in [-0.3, -0.25) is 9.89 Å². The monoisotopic (exact) mass is 473 g/mol. The smallest absolute Gasteiger partial charge is 0.227 e. The Morgan fingerprint density at radius 1 is 1.09 bits per heavy atom. The zero-order chi connectivity index (χ0) is 24.5. The first-order chi connectivity index (χ1) is 17.0. The Bertz CT molecular complexity index is 1390. The number of H-pyrrole nitrogens is 1. The first kappa shape index (κ1) is 22.5. The summed E-state index contributed by atoms with van der Waals surface area (Å²) < 4.78 is 10.8. The zero-order valence-corrected chi connectivity index (χ0v) is 20.0. The van der Waals surface area contributed by atoms with E-state index in [1.54, 1.807) is 20.4 Å². The van der Waals surface area contributed by atoms with E-state index in [1.807, 2.05) is 37.2 Å². The van der Waals surface area contributed by atoms with E-state index < -0.39 is 0 Å². The summed E-state index contributed by atoms with van der Waals surface area (Å²) >= 11 is 0. The molecule has 0 aliphatic heterocycles. The quantitative estimate of drug-likeness (QED) is 0.312. The summed E-state index contributed by atoms with van der Waals surface area (Å²) in [5, 5.41) is 14.6. The van der Waals surface area contributed by atoms with Crippen LogP contribution in [0, 0.1) is 0 Å². The van der Waals surface area contributed by atoms with E-state index in [4.69, 9.17) is 9.47 Å². The van der Waals surface area contributed by atoms with Crippen LogP contribution in [-0.4, -0.2) is 54.9 Å². The number of hydrogen-bond donors (Lipinski definition) is 3. The minimum Gasteiger partial charge on any atom is -0.497 e. The molecule has 1 aliphatic rings. The van der Waals surface area contributed by atoms with Crippen LogP contribution >= 0.6 is 0 Å². The maximum Gasteiger partial charge on any atom is 0.227 e. The van der Waals surface area contributed by atoms with E-state index in [1.165, 1.54) is 5.56 Å². The van der Waals surface area contributed by atoms with Crippen LogP contribution in [0.1, 0.15) is 29.4 Å². The second-order valence-corrected chi connectivity index (χ2v) is 8.65. The van der Waals surface area contributed by atoms with E-state index in [9.17, 15) is 4.79 Å². The molecule has 10 nitrogen and oxygen atoms in total. The number of amides is 1. The van der Waals surface area contributed by atoms with Crippen molar-refractivity contribution in [3.63, 3.8) is 0 Å². The Labute approximate surface area is 202 Å². The van der Waals surface area contributed by atoms with Gasteiger partial charge in [0.25, 0.3) is 0 Å². The van der Waals surface area contributed by atoms with Gasteiger partial charge in [-0.25, -0.2) is 4.98 Å². The Balaban J connectivity index is 1.40. The first-order valence-corrected chi connectivity index (χ1v) is 11.2. The fourth-order valence-electron chi connectivity index (χ4n) is 4.37. The predicted octanol–water partition coefficient (Wildman–Crippen LogP) is 4.02. The fraction of sp³-hybridized carbons (Fsp3) is 0.280. The van der Waals surface area contributed by atoms with Gasteiger partial charge in [0.1, 0.15) is 5.75 Å². The summed E-state index contributed by atoms with van der Waals surface area (Å²) in [6.07, 6.45) is 3.34. The Morgan fingerprint density at radius 2 is 1.94 bits per heavy atom. The lowest BCUT2D eigenvalue weighted by molar-refractivity contribution is -0.105. The minimum absolute atomic E-state index is 0.306. The summed E-state index contributed by atoms with van der Waals surface area (Å²) in [4.78, 5) is 21.7. The van der Waals surface area contributed by atoms with Crippen LogP contribution in [0.4, 0.5) is 23.3 Å². The van der Waals surface area contributed by atoms with Gasteiger partial charge < -0.3 is 25.0 Å². The van der Waals surface area contributed by atoms with Crippen LogP contribution in [0.25, 0.3) is 10.9 Å². The molecule has 5 rings (SSSR count). The lowest BCUT2D eigenvalue weighted by atomic mass is 10.0. The molecule has 1 amide bonds. The van der Waals surface area contributed by atoms with E-state index in [2.05, 4.69) is 49.0 Å². The highest BCUT2D eigenvalue weighted by molar-refractivity contribution is 5.92. The number of carbonyl (C=O) groups excluding carboxylic acids is 1. The Kier molecular flexibility index (Phi) is 5.86. The topological polar surface area (TPSA) is 117 Å². The maximum atomic E-state index is 11.1. The van der Waals surface area contributed by atoms with E-state index >= 15 is 0 Å². The van der Waals surface area contributed by atoms with Gasteiger partial charge in [-0.15, -0.1) is 0 Å². The van der Waals surface area contributed by atoms with Gasteiger partial charge in [-0.2, -0.15) is 10.1 Å². The number of methoxy groups -OCH3 is 2. The molecular formula is C25H27N7O3. The van der Waals surface area contributed by atoms with Crippen molar-refractivity contribution in [2.24, 2.45) is 0 Å². The summed E-state index contributed by atoms with van der Waals surface area (Å²) in [5.74, 6) is 3.73. The molecule has 0 bridgehead atoms. The van der Waals surface area contributed by atoms with Gasteiger partial charge >= 0.3 is 0 Å². The molecule has 4 aromatic rings. The summed E-state index contributed by atoms with van der Waals surface area (Å²) in [6, 6.07) is 12.1. The number of rotatable bonds is 9. The van der Waals surface area contributed by atoms with Crippen molar-refractivity contribution in [2.75, 3.05) is 43.8 Å². The standard InChI is InChI=1S/C25H27N7O3/c1-32(2)25-26-12-22(35-4)24(29-25)28-23-16-7-5-14(9-21(16)30-31-23)17-11-18(17)19-10-15(34-3)6-8-20(19)27-13-33/h5-10,12-13,17-18H,11H2,1-4H3,(H,27,33)(H2,26,28,29,30,31). The number of ether oxygens (including phenoxy) is 2. The third-order valence-corrected chi connectivity index (χ3v) is 6.28. The average Bonchev–Trinajstić information content (AvgIpc) is 3.58. The number of carbonyl (C=O) groups is 1. The molecule has 0 radical (unpaired) electrons. The lowest BCUT2D eigenvalue weighted by Crippen LogP contribution is -2.13. The van der Waals surface area contributed by atoms with Gasteiger partial charge in [0, 0.05) is 25.2 Å². The molecule has 1 saturated carbocycles. The highest BCUT2D eigenvalue weighted by Crippen LogP contribution is 2.57. The molecule has 35 heavy (non-hydrogen) atoms. The van der Waals surface area contributed by atoms with Crippen LogP contribution in [0.2, 0.25) is 0 Å². The van der Waals surface area contributed by atoms with Crippen LogP contribution in [0.5, 0.6) is 11.5 Å². The zero-order valence-electron chi connectivity index (χ0n) is 20.0. The van der Waals surface area contributed by atoms with Crippen molar-refractivity contribution in [1.82, 2.24) is 20.2 Å². The number of nitrogens with zero attached hydrogens (tertiary/aromatic N) is 4. The normalized spacial score (nSPS) is 16.6. The van der Waals surface area contributed by atoms with Crippen molar-refractivity contribution in [3.05, 3.63) is 53.7 Å². The Hall–Kier alpha value is -4.34. The van der Waals surface area contributed by atoms with Crippen molar-refractivity contribution in [3.8, 4) is 11.5 Å². The van der Waals surface area contributed by atoms with Crippen LogP contribution < -0.4 is 25.0 Å². The minimum atomic E-state index is 0.306. The first-order valence-electron chi connectivity index (χ1n) is 11.2. The number of anilines is 4. The van der Waals surface area contributed by atoms with Crippen molar-refractivity contribution in [2.45, 2.75) is 18.3 Å². The molecule has 2 unspecified atom stereocenters. The highest BCUT2D eigenvalue weighted by atomic mass is 16.5. The van der Waals surface area contributed by atoms with E-state index in [-0.39, 0.29) is 0 Å².